The summed E-state index contributed by atoms with van der Waals surface area (Å²) in [5.74, 6) is 1.96. The van der Waals surface area contributed by atoms with Crippen LogP contribution in [0.2, 0.25) is 0 Å². The van der Waals surface area contributed by atoms with Gasteiger partial charge < -0.3 is 19.5 Å². The predicted molar refractivity (Wildman–Crippen MR) is 120 cm³/mol. The van der Waals surface area contributed by atoms with Crippen molar-refractivity contribution < 1.29 is 14.3 Å². The second kappa shape index (κ2) is 8.64. The molecule has 8 nitrogen and oxygen atoms in total. The predicted octanol–water partition coefficient (Wildman–Crippen LogP) is 2.23. The first-order valence-electron chi connectivity index (χ1n) is 11.9. The molecule has 5 rings (SSSR count). The number of nitrogens with zero attached hydrogens (tertiary/aromatic N) is 3. The quantitative estimate of drug-likeness (QED) is 0.772. The molecular weight excluding hydrogens is 408 g/mol. The highest BCUT2D eigenvalue weighted by molar-refractivity contribution is 5.82. The standard InChI is InChI=1S/C24H32N4O4/c1-32-19-8-9-20-21(14-19)28(24(31)25-20)15-16-2-4-17(5-3-16)22(29)26-10-12-27(13-11-26)23(30)18-6-7-18/h8-9,14,16-18H,2-7,10-13,15H2,1H3,(H,25,31)/t16-,17-. The second-order valence-corrected chi connectivity index (χ2v) is 9.57. The number of ether oxygens (including phenoxy) is 1. The molecule has 1 aromatic heterocycles. The number of aromatic nitrogens is 2. The maximum Gasteiger partial charge on any atom is 0.326 e. The molecular formula is C24H32N4O4. The Balaban J connectivity index is 1.15. The van der Waals surface area contributed by atoms with Crippen LogP contribution in [0.5, 0.6) is 5.75 Å². The molecule has 3 fully saturated rings. The molecule has 172 valence electrons. The van der Waals surface area contributed by atoms with Gasteiger partial charge in [0.2, 0.25) is 11.8 Å². The van der Waals surface area contributed by atoms with Gasteiger partial charge in [-0.15, -0.1) is 0 Å². The van der Waals surface area contributed by atoms with Gasteiger partial charge in [0.15, 0.2) is 0 Å². The van der Waals surface area contributed by atoms with Crippen molar-refractivity contribution in [2.75, 3.05) is 33.3 Å². The molecule has 2 heterocycles. The van der Waals surface area contributed by atoms with Crippen LogP contribution < -0.4 is 10.4 Å². The van der Waals surface area contributed by atoms with Crippen LogP contribution in [-0.2, 0) is 16.1 Å². The maximum atomic E-state index is 13.0. The molecule has 0 radical (unpaired) electrons. The van der Waals surface area contributed by atoms with Crippen molar-refractivity contribution in [2.24, 2.45) is 17.8 Å². The normalized spacial score (nSPS) is 24.0. The number of benzene rings is 1. The monoisotopic (exact) mass is 440 g/mol. The second-order valence-electron chi connectivity index (χ2n) is 9.57. The average molecular weight is 441 g/mol. The number of rotatable bonds is 5. The number of amides is 2. The number of nitrogens with one attached hydrogen (secondary N) is 1. The first kappa shape index (κ1) is 21.1. The minimum atomic E-state index is -0.0925. The zero-order chi connectivity index (χ0) is 22.2. The van der Waals surface area contributed by atoms with E-state index in [9.17, 15) is 14.4 Å². The molecule has 2 aliphatic carbocycles. The van der Waals surface area contributed by atoms with E-state index in [1.54, 1.807) is 11.7 Å². The first-order chi connectivity index (χ1) is 15.5. The van der Waals surface area contributed by atoms with E-state index in [1.165, 1.54) is 0 Å². The fourth-order valence-corrected chi connectivity index (χ4v) is 5.28. The van der Waals surface area contributed by atoms with E-state index in [0.29, 0.717) is 38.6 Å². The Kier molecular flexibility index (Phi) is 5.69. The number of piperazine rings is 1. The summed E-state index contributed by atoms with van der Waals surface area (Å²) in [7, 11) is 1.62. The molecule has 2 saturated carbocycles. The Bertz CT molecular complexity index is 1050. The van der Waals surface area contributed by atoms with Crippen LogP contribution in [0.4, 0.5) is 0 Å². The van der Waals surface area contributed by atoms with E-state index in [0.717, 1.165) is 55.3 Å². The summed E-state index contributed by atoms with van der Waals surface area (Å²) >= 11 is 0. The van der Waals surface area contributed by atoms with Crippen molar-refractivity contribution in [1.29, 1.82) is 0 Å². The minimum Gasteiger partial charge on any atom is -0.497 e. The number of methoxy groups -OCH3 is 1. The lowest BCUT2D eigenvalue weighted by Crippen LogP contribution is -2.52. The molecule has 32 heavy (non-hydrogen) atoms. The highest BCUT2D eigenvalue weighted by Gasteiger charge is 2.36. The lowest BCUT2D eigenvalue weighted by atomic mass is 9.81. The number of hydrogen-bond acceptors (Lipinski definition) is 4. The third-order valence-corrected chi connectivity index (χ3v) is 7.45. The number of hydrogen-bond donors (Lipinski definition) is 1. The summed E-state index contributed by atoms with van der Waals surface area (Å²) in [4.78, 5) is 44.6. The van der Waals surface area contributed by atoms with Crippen LogP contribution in [0.15, 0.2) is 23.0 Å². The van der Waals surface area contributed by atoms with Crippen LogP contribution in [0.1, 0.15) is 38.5 Å². The van der Waals surface area contributed by atoms with Crippen LogP contribution >= 0.6 is 0 Å². The summed E-state index contributed by atoms with van der Waals surface area (Å²) in [6.07, 6.45) is 5.68. The molecule has 1 aliphatic heterocycles. The van der Waals surface area contributed by atoms with Gasteiger partial charge in [-0.1, -0.05) is 0 Å². The lowest BCUT2D eigenvalue weighted by Gasteiger charge is -2.38. The van der Waals surface area contributed by atoms with Crippen molar-refractivity contribution in [3.05, 3.63) is 28.7 Å². The van der Waals surface area contributed by atoms with Gasteiger partial charge in [0.05, 0.1) is 18.1 Å². The third kappa shape index (κ3) is 4.14. The summed E-state index contributed by atoms with van der Waals surface area (Å²) < 4.78 is 7.12. The van der Waals surface area contributed by atoms with Crippen LogP contribution in [0.25, 0.3) is 11.0 Å². The molecule has 1 aromatic carbocycles. The van der Waals surface area contributed by atoms with E-state index in [1.807, 2.05) is 28.0 Å². The Hall–Kier alpha value is -2.77. The zero-order valence-electron chi connectivity index (χ0n) is 18.7. The van der Waals surface area contributed by atoms with E-state index >= 15 is 0 Å². The minimum absolute atomic E-state index is 0.0664. The molecule has 0 spiro atoms. The molecule has 0 unspecified atom stereocenters. The van der Waals surface area contributed by atoms with Crippen molar-refractivity contribution in [1.82, 2.24) is 19.4 Å². The fourth-order valence-electron chi connectivity index (χ4n) is 5.28. The van der Waals surface area contributed by atoms with Gasteiger partial charge in [0.1, 0.15) is 5.75 Å². The summed E-state index contributed by atoms with van der Waals surface area (Å²) in [5.41, 5.74) is 1.59. The van der Waals surface area contributed by atoms with Gasteiger partial charge in [-0.2, -0.15) is 0 Å². The van der Waals surface area contributed by atoms with E-state index < -0.39 is 0 Å². The largest absolute Gasteiger partial charge is 0.497 e. The Morgan fingerprint density at radius 3 is 2.03 bits per heavy atom. The first-order valence-corrected chi connectivity index (χ1v) is 11.9. The molecule has 3 aliphatic rings. The number of carbonyl (C=O) groups excluding carboxylic acids is 2. The number of imidazole rings is 1. The van der Waals surface area contributed by atoms with Crippen molar-refractivity contribution in [3.8, 4) is 5.75 Å². The van der Waals surface area contributed by atoms with Gasteiger partial charge in [0.25, 0.3) is 0 Å². The third-order valence-electron chi connectivity index (χ3n) is 7.45. The number of carbonyl (C=O) groups is 2. The maximum absolute atomic E-state index is 13.0. The Morgan fingerprint density at radius 1 is 0.938 bits per heavy atom. The number of fused-ring (bicyclic) bond motifs is 1. The Morgan fingerprint density at radius 2 is 1.50 bits per heavy atom. The zero-order valence-corrected chi connectivity index (χ0v) is 18.7. The van der Waals surface area contributed by atoms with Crippen LogP contribution in [-0.4, -0.2) is 64.5 Å². The molecule has 1 saturated heterocycles. The van der Waals surface area contributed by atoms with Gasteiger partial charge in [0, 0.05) is 50.6 Å². The number of aromatic amines is 1. The van der Waals surface area contributed by atoms with Crippen LogP contribution in [0.3, 0.4) is 0 Å². The SMILES string of the molecule is COc1ccc2[nH]c(=O)n(C[C@H]3CC[C@H](C(=O)N4CCN(C(=O)C5CC5)CC4)CC3)c2c1. The smallest absolute Gasteiger partial charge is 0.326 e. The fraction of sp³-hybridized carbons (Fsp3) is 0.625. The molecule has 2 aromatic rings. The van der Waals surface area contributed by atoms with E-state index in [2.05, 4.69) is 4.98 Å². The number of H-pyrrole nitrogens is 1. The van der Waals surface area contributed by atoms with E-state index in [4.69, 9.17) is 4.74 Å². The van der Waals surface area contributed by atoms with E-state index in [-0.39, 0.29) is 29.3 Å². The molecule has 8 heteroatoms. The average Bonchev–Trinajstić information content (AvgIpc) is 3.63. The topological polar surface area (TPSA) is 87.6 Å². The Labute approximate surface area is 187 Å². The van der Waals surface area contributed by atoms with Crippen molar-refractivity contribution >= 4 is 22.8 Å². The van der Waals surface area contributed by atoms with Gasteiger partial charge in [-0.25, -0.2) is 4.79 Å². The van der Waals surface area contributed by atoms with Crippen molar-refractivity contribution in [3.63, 3.8) is 0 Å². The summed E-state index contributed by atoms with van der Waals surface area (Å²) in [6.45, 7) is 3.31. The van der Waals surface area contributed by atoms with Gasteiger partial charge in [-0.05, 0) is 56.6 Å². The summed E-state index contributed by atoms with van der Waals surface area (Å²) in [5, 5.41) is 0. The highest BCUT2D eigenvalue weighted by Crippen LogP contribution is 2.33. The molecule has 2 amide bonds. The van der Waals surface area contributed by atoms with Gasteiger partial charge >= 0.3 is 5.69 Å². The highest BCUT2D eigenvalue weighted by atomic mass is 16.5. The lowest BCUT2D eigenvalue weighted by molar-refractivity contribution is -0.143. The summed E-state index contributed by atoms with van der Waals surface area (Å²) in [6, 6.07) is 5.62. The van der Waals surface area contributed by atoms with Gasteiger partial charge in [-0.3, -0.25) is 14.2 Å². The molecule has 1 N–H and O–H groups in total. The molecule has 0 bridgehead atoms. The molecule has 0 atom stereocenters. The van der Waals surface area contributed by atoms with Crippen molar-refractivity contribution in [2.45, 2.75) is 45.1 Å². The van der Waals surface area contributed by atoms with Crippen LogP contribution in [0, 0.1) is 17.8 Å².